The van der Waals surface area contributed by atoms with Crippen molar-refractivity contribution in [2.24, 2.45) is 5.92 Å². The lowest BCUT2D eigenvalue weighted by molar-refractivity contribution is 0.0939. The maximum Gasteiger partial charge on any atom is 0.268 e. The molecule has 0 saturated heterocycles. The summed E-state index contributed by atoms with van der Waals surface area (Å²) >= 11 is 0. The molecule has 3 aromatic rings. The third-order valence-corrected chi connectivity index (χ3v) is 5.31. The number of aromatic nitrogens is 1. The topological polar surface area (TPSA) is 65.6 Å². The molecule has 6 heteroatoms. The lowest BCUT2D eigenvalue weighted by Crippen LogP contribution is -2.27. The first-order valence-electron chi connectivity index (χ1n) is 9.01. The number of hydrogen-bond acceptors (Lipinski definition) is 4. The second-order valence-corrected chi connectivity index (χ2v) is 6.98. The van der Waals surface area contributed by atoms with Crippen LogP contribution in [0.3, 0.4) is 0 Å². The van der Waals surface area contributed by atoms with Crippen LogP contribution in [0.15, 0.2) is 41.0 Å². The van der Waals surface area contributed by atoms with Crippen LogP contribution in [0.25, 0.3) is 11.1 Å². The summed E-state index contributed by atoms with van der Waals surface area (Å²) in [6.07, 6.45) is 5.42. The molecule has 2 aromatic heterocycles. The van der Waals surface area contributed by atoms with E-state index in [9.17, 15) is 4.79 Å². The van der Waals surface area contributed by atoms with Crippen molar-refractivity contribution in [2.45, 2.75) is 32.4 Å². The van der Waals surface area contributed by atoms with Gasteiger partial charge >= 0.3 is 0 Å². The number of carbonyl (C=O) groups is 1. The molecule has 0 bridgehead atoms. The number of benzene rings is 1. The first kappa shape index (κ1) is 15.4. The highest BCUT2D eigenvalue weighted by molar-refractivity contribution is 5.97. The summed E-state index contributed by atoms with van der Waals surface area (Å²) in [5, 5.41) is 3.01. The van der Waals surface area contributed by atoms with Crippen LogP contribution in [-0.2, 0) is 13.1 Å². The van der Waals surface area contributed by atoms with Gasteiger partial charge in [0.25, 0.3) is 5.91 Å². The van der Waals surface area contributed by atoms with Crippen molar-refractivity contribution < 1.29 is 18.7 Å². The number of nitrogens with zero attached hydrogens (tertiary/aromatic N) is 1. The molecule has 0 unspecified atom stereocenters. The molecule has 1 aromatic carbocycles. The van der Waals surface area contributed by atoms with Crippen molar-refractivity contribution in [3.63, 3.8) is 0 Å². The summed E-state index contributed by atoms with van der Waals surface area (Å²) in [5.74, 6) is 2.03. The largest absolute Gasteiger partial charge is 0.463 e. The van der Waals surface area contributed by atoms with Gasteiger partial charge in [-0.05, 0) is 36.5 Å². The predicted octanol–water partition coefficient (Wildman–Crippen LogP) is 3.69. The SMILES string of the molecule is O=C(NCc1ccc2c(c1)OCO2)c1cc2occc2n1CC1CCC1. The molecule has 1 fully saturated rings. The molecule has 134 valence electrons. The number of hydrogen-bond donors (Lipinski definition) is 1. The van der Waals surface area contributed by atoms with Crippen LogP contribution >= 0.6 is 0 Å². The summed E-state index contributed by atoms with van der Waals surface area (Å²) in [6, 6.07) is 9.48. The summed E-state index contributed by atoms with van der Waals surface area (Å²) in [4.78, 5) is 12.8. The predicted molar refractivity (Wildman–Crippen MR) is 95.3 cm³/mol. The van der Waals surface area contributed by atoms with Crippen molar-refractivity contribution in [1.82, 2.24) is 9.88 Å². The summed E-state index contributed by atoms with van der Waals surface area (Å²) in [5.41, 5.74) is 3.39. The van der Waals surface area contributed by atoms with E-state index in [1.54, 1.807) is 6.26 Å². The molecular weight excluding hydrogens is 332 g/mol. The molecule has 1 N–H and O–H groups in total. The Morgan fingerprint density at radius 3 is 2.88 bits per heavy atom. The maximum atomic E-state index is 12.8. The Morgan fingerprint density at radius 1 is 1.15 bits per heavy atom. The molecule has 0 atom stereocenters. The zero-order chi connectivity index (χ0) is 17.5. The highest BCUT2D eigenvalue weighted by Gasteiger charge is 2.23. The van der Waals surface area contributed by atoms with Gasteiger partial charge in [0.05, 0.1) is 11.8 Å². The molecule has 0 spiro atoms. The quantitative estimate of drug-likeness (QED) is 0.760. The molecule has 6 nitrogen and oxygen atoms in total. The normalized spacial score (nSPS) is 16.0. The van der Waals surface area contributed by atoms with Crippen LogP contribution in [0, 0.1) is 5.92 Å². The fourth-order valence-electron chi connectivity index (χ4n) is 3.62. The summed E-state index contributed by atoms with van der Waals surface area (Å²) in [7, 11) is 0. The van der Waals surface area contributed by atoms with E-state index < -0.39 is 0 Å². The van der Waals surface area contributed by atoms with Crippen molar-refractivity contribution in [3.8, 4) is 11.5 Å². The molecule has 5 rings (SSSR count). The van der Waals surface area contributed by atoms with Gasteiger partial charge < -0.3 is 23.8 Å². The van der Waals surface area contributed by atoms with Gasteiger partial charge in [0, 0.05) is 25.2 Å². The van der Waals surface area contributed by atoms with Crippen LogP contribution in [0.1, 0.15) is 35.3 Å². The summed E-state index contributed by atoms with van der Waals surface area (Å²) in [6.45, 7) is 1.56. The van der Waals surface area contributed by atoms with Crippen molar-refractivity contribution in [3.05, 3.63) is 47.9 Å². The van der Waals surface area contributed by atoms with Gasteiger partial charge in [-0.3, -0.25) is 4.79 Å². The zero-order valence-electron chi connectivity index (χ0n) is 14.4. The Kier molecular flexibility index (Phi) is 3.62. The highest BCUT2D eigenvalue weighted by Crippen LogP contribution is 2.33. The Balaban J connectivity index is 1.34. The van der Waals surface area contributed by atoms with E-state index in [0.29, 0.717) is 18.2 Å². The van der Waals surface area contributed by atoms with Crippen molar-refractivity contribution in [2.75, 3.05) is 6.79 Å². The standard InChI is InChI=1S/C20H20N2O4/c23-20(21-10-14-4-5-17-19(8-14)26-12-25-17)16-9-18-15(6-7-24-18)22(16)11-13-2-1-3-13/h4-9,13H,1-3,10-12H2,(H,21,23). The minimum atomic E-state index is -0.0895. The van der Waals surface area contributed by atoms with Crippen LogP contribution in [0.5, 0.6) is 11.5 Å². The smallest absolute Gasteiger partial charge is 0.268 e. The maximum absolute atomic E-state index is 12.8. The first-order chi connectivity index (χ1) is 12.8. The van der Waals surface area contributed by atoms with E-state index >= 15 is 0 Å². The van der Waals surface area contributed by atoms with Gasteiger partial charge in [-0.15, -0.1) is 0 Å². The fourth-order valence-corrected chi connectivity index (χ4v) is 3.62. The van der Waals surface area contributed by atoms with Gasteiger partial charge in [-0.1, -0.05) is 12.5 Å². The van der Waals surface area contributed by atoms with Crippen LogP contribution in [0.2, 0.25) is 0 Å². The third kappa shape index (κ3) is 2.62. The van der Waals surface area contributed by atoms with Gasteiger partial charge in [-0.25, -0.2) is 0 Å². The van der Waals surface area contributed by atoms with E-state index in [-0.39, 0.29) is 12.7 Å². The van der Waals surface area contributed by atoms with Crippen molar-refractivity contribution in [1.29, 1.82) is 0 Å². The molecule has 26 heavy (non-hydrogen) atoms. The molecule has 3 heterocycles. The highest BCUT2D eigenvalue weighted by atomic mass is 16.7. The monoisotopic (exact) mass is 352 g/mol. The van der Waals surface area contributed by atoms with Gasteiger partial charge in [0.1, 0.15) is 5.69 Å². The van der Waals surface area contributed by atoms with Crippen molar-refractivity contribution >= 4 is 17.0 Å². The molecule has 1 aliphatic carbocycles. The van der Waals surface area contributed by atoms with Gasteiger partial charge in [0.15, 0.2) is 17.1 Å². The van der Waals surface area contributed by atoms with E-state index in [1.165, 1.54) is 19.3 Å². The molecule has 1 amide bonds. The second-order valence-electron chi connectivity index (χ2n) is 6.98. The fraction of sp³-hybridized carbons (Fsp3) is 0.350. The lowest BCUT2D eigenvalue weighted by Gasteiger charge is -2.26. The van der Waals surface area contributed by atoms with Gasteiger partial charge in [-0.2, -0.15) is 0 Å². The van der Waals surface area contributed by atoms with Crippen LogP contribution in [0.4, 0.5) is 0 Å². The number of ether oxygens (including phenoxy) is 2. The van der Waals surface area contributed by atoms with E-state index in [0.717, 1.165) is 34.7 Å². The molecule has 1 saturated carbocycles. The number of amides is 1. The van der Waals surface area contributed by atoms with E-state index in [4.69, 9.17) is 13.9 Å². The average molecular weight is 352 g/mol. The number of furan rings is 1. The first-order valence-corrected chi connectivity index (χ1v) is 9.01. The third-order valence-electron chi connectivity index (χ3n) is 5.31. The second kappa shape index (κ2) is 6.12. The lowest BCUT2D eigenvalue weighted by atomic mass is 9.85. The van der Waals surface area contributed by atoms with Crippen LogP contribution in [-0.4, -0.2) is 17.3 Å². The zero-order valence-corrected chi connectivity index (χ0v) is 14.4. The Morgan fingerprint density at radius 2 is 2.04 bits per heavy atom. The Hall–Kier alpha value is -2.89. The van der Waals surface area contributed by atoms with Gasteiger partial charge in [0.2, 0.25) is 6.79 Å². The molecule has 1 aliphatic heterocycles. The van der Waals surface area contributed by atoms with E-state index in [2.05, 4.69) is 9.88 Å². The van der Waals surface area contributed by atoms with Crippen LogP contribution < -0.4 is 14.8 Å². The van der Waals surface area contributed by atoms with E-state index in [1.807, 2.05) is 30.3 Å². The number of carbonyl (C=O) groups excluding carboxylic acids is 1. The summed E-state index contributed by atoms with van der Waals surface area (Å²) < 4.78 is 18.3. The Labute approximate surface area is 150 Å². The Bertz CT molecular complexity index is 968. The molecule has 0 radical (unpaired) electrons. The average Bonchev–Trinajstić information content (AvgIpc) is 3.31. The molecular formula is C20H20N2O4. The number of nitrogens with one attached hydrogen (secondary N) is 1. The molecule has 2 aliphatic rings. The number of fused-ring (bicyclic) bond motifs is 2. The number of rotatable bonds is 5. The minimum Gasteiger partial charge on any atom is -0.463 e. The minimum absolute atomic E-state index is 0.0895.